The number of benzene rings is 1. The van der Waals surface area contributed by atoms with Gasteiger partial charge in [0.15, 0.2) is 0 Å². The fraction of sp³-hybridized carbons (Fsp3) is 0.368. The molecule has 0 bridgehead atoms. The summed E-state index contributed by atoms with van der Waals surface area (Å²) in [7, 11) is 0. The summed E-state index contributed by atoms with van der Waals surface area (Å²) in [6, 6.07) is 9.23. The highest BCUT2D eigenvalue weighted by atomic mass is 19.1. The van der Waals surface area contributed by atoms with Gasteiger partial charge < -0.3 is 15.2 Å². The Hall–Kier alpha value is -2.47. The van der Waals surface area contributed by atoms with Crippen molar-refractivity contribution in [2.45, 2.75) is 25.3 Å². The first-order valence-corrected chi connectivity index (χ1v) is 8.37. The highest BCUT2D eigenvalue weighted by Crippen LogP contribution is 2.47. The van der Waals surface area contributed by atoms with Gasteiger partial charge in [0.25, 0.3) is 0 Å². The second-order valence-corrected chi connectivity index (χ2v) is 6.11. The van der Waals surface area contributed by atoms with Crippen LogP contribution in [0.2, 0.25) is 0 Å². The minimum absolute atomic E-state index is 0.109. The van der Waals surface area contributed by atoms with Crippen LogP contribution in [-0.2, 0) is 4.79 Å². The van der Waals surface area contributed by atoms with Gasteiger partial charge in [-0.15, -0.1) is 0 Å². The van der Waals surface area contributed by atoms with Crippen LogP contribution in [-0.4, -0.2) is 29.2 Å². The molecule has 0 spiro atoms. The maximum absolute atomic E-state index is 13.0. The van der Waals surface area contributed by atoms with Crippen LogP contribution in [0.15, 0.2) is 42.6 Å². The highest BCUT2D eigenvalue weighted by molar-refractivity contribution is 5.83. The lowest BCUT2D eigenvalue weighted by Crippen LogP contribution is -2.32. The maximum atomic E-state index is 13.0. The highest BCUT2D eigenvalue weighted by Gasteiger charge is 2.44. The predicted octanol–water partition coefficient (Wildman–Crippen LogP) is 2.57. The Labute approximate surface area is 145 Å². The molecule has 0 aliphatic heterocycles. The van der Waals surface area contributed by atoms with Crippen LogP contribution in [0.5, 0.6) is 5.88 Å². The molecule has 6 heteroatoms. The molecule has 2 aromatic rings. The van der Waals surface area contributed by atoms with Gasteiger partial charge in [0.05, 0.1) is 19.3 Å². The second-order valence-electron chi connectivity index (χ2n) is 6.11. The Morgan fingerprint density at radius 2 is 2.12 bits per heavy atom. The van der Waals surface area contributed by atoms with Crippen molar-refractivity contribution in [3.05, 3.63) is 59.5 Å². The van der Waals surface area contributed by atoms with Crippen LogP contribution in [0.3, 0.4) is 0 Å². The molecule has 3 unspecified atom stereocenters. The summed E-state index contributed by atoms with van der Waals surface area (Å²) in [5.74, 6) is 0.0809. The summed E-state index contributed by atoms with van der Waals surface area (Å²) in [5.41, 5.74) is 1.68. The van der Waals surface area contributed by atoms with E-state index >= 15 is 0 Å². The number of carbonyl (C=O) groups is 1. The molecule has 1 heterocycles. The number of carbonyl (C=O) groups excluding carboxylic acids is 1. The number of rotatable bonds is 7. The van der Waals surface area contributed by atoms with Gasteiger partial charge in [0.2, 0.25) is 11.8 Å². The largest absolute Gasteiger partial charge is 0.478 e. The van der Waals surface area contributed by atoms with Crippen LogP contribution >= 0.6 is 0 Å². The molecule has 3 rings (SSSR count). The monoisotopic (exact) mass is 344 g/mol. The summed E-state index contributed by atoms with van der Waals surface area (Å²) >= 11 is 0. The second kappa shape index (κ2) is 7.61. The molecule has 1 aromatic carbocycles. The molecule has 25 heavy (non-hydrogen) atoms. The van der Waals surface area contributed by atoms with Crippen LogP contribution in [0.4, 0.5) is 4.39 Å². The van der Waals surface area contributed by atoms with Crippen molar-refractivity contribution in [2.75, 3.05) is 13.2 Å². The molecule has 3 atom stereocenters. The van der Waals surface area contributed by atoms with Gasteiger partial charge in [-0.05, 0) is 48.6 Å². The van der Waals surface area contributed by atoms with E-state index in [0.29, 0.717) is 12.5 Å². The molecule has 1 aliphatic carbocycles. The minimum Gasteiger partial charge on any atom is -0.478 e. The molecule has 0 radical (unpaired) electrons. The minimum atomic E-state index is -0.509. The summed E-state index contributed by atoms with van der Waals surface area (Å²) in [4.78, 5) is 16.6. The first-order chi connectivity index (χ1) is 12.1. The summed E-state index contributed by atoms with van der Waals surface area (Å²) in [5, 5.41) is 12.5. The predicted molar refractivity (Wildman–Crippen MR) is 90.6 cm³/mol. The van der Waals surface area contributed by atoms with Crippen LogP contribution < -0.4 is 10.1 Å². The number of ether oxygens (including phenoxy) is 1. The number of hydrogen-bond donors (Lipinski definition) is 2. The number of amides is 1. The normalized spacial score (nSPS) is 20.0. The first kappa shape index (κ1) is 17.4. The van der Waals surface area contributed by atoms with Crippen molar-refractivity contribution in [1.82, 2.24) is 10.3 Å². The van der Waals surface area contributed by atoms with E-state index in [4.69, 9.17) is 4.74 Å². The smallest absolute Gasteiger partial charge is 0.224 e. The van der Waals surface area contributed by atoms with Crippen molar-refractivity contribution in [2.24, 2.45) is 5.92 Å². The zero-order chi connectivity index (χ0) is 17.8. The van der Waals surface area contributed by atoms with E-state index in [1.54, 1.807) is 30.5 Å². The molecule has 1 amide bonds. The number of aromatic nitrogens is 1. The average molecular weight is 344 g/mol. The number of nitrogens with one attached hydrogen (secondary N) is 1. The van der Waals surface area contributed by atoms with E-state index in [0.717, 1.165) is 17.5 Å². The first-order valence-electron chi connectivity index (χ1n) is 8.37. The van der Waals surface area contributed by atoms with Crippen molar-refractivity contribution in [3.8, 4) is 5.88 Å². The summed E-state index contributed by atoms with van der Waals surface area (Å²) in [6.07, 6.45) is 2.33. The molecule has 1 saturated carbocycles. The standard InChI is InChI=1S/C19H21FN2O3/c1-2-25-18-8-5-13(10-21-18)17(11-23)22-19(24)16-9-15(16)12-3-6-14(20)7-4-12/h3-8,10,15-17,23H,2,9,11H2,1H3,(H,22,24). The van der Waals surface area contributed by atoms with Gasteiger partial charge in [-0.25, -0.2) is 9.37 Å². The third-order valence-corrected chi connectivity index (χ3v) is 4.38. The molecule has 1 aliphatic rings. The Balaban J connectivity index is 1.60. The SMILES string of the molecule is CCOc1ccc(C(CO)NC(=O)C2CC2c2ccc(F)cc2)cn1. The molecule has 2 N–H and O–H groups in total. The van der Waals surface area contributed by atoms with Gasteiger partial charge in [0, 0.05) is 18.2 Å². The third-order valence-electron chi connectivity index (χ3n) is 4.38. The Kier molecular flexibility index (Phi) is 5.28. The topological polar surface area (TPSA) is 71.5 Å². The Bertz CT molecular complexity index is 718. The Morgan fingerprint density at radius 1 is 1.36 bits per heavy atom. The van der Waals surface area contributed by atoms with Gasteiger partial charge in [-0.2, -0.15) is 0 Å². The van der Waals surface area contributed by atoms with Crippen molar-refractivity contribution in [1.29, 1.82) is 0 Å². The molecule has 5 nitrogen and oxygen atoms in total. The van der Waals surface area contributed by atoms with E-state index in [-0.39, 0.29) is 30.2 Å². The average Bonchev–Trinajstić information content (AvgIpc) is 3.42. The van der Waals surface area contributed by atoms with E-state index in [1.165, 1.54) is 12.1 Å². The van der Waals surface area contributed by atoms with Gasteiger partial charge in [0.1, 0.15) is 5.82 Å². The van der Waals surface area contributed by atoms with E-state index in [9.17, 15) is 14.3 Å². The lowest BCUT2D eigenvalue weighted by Gasteiger charge is -2.17. The zero-order valence-corrected chi connectivity index (χ0v) is 14.0. The fourth-order valence-corrected chi connectivity index (χ4v) is 2.91. The van der Waals surface area contributed by atoms with E-state index in [1.807, 2.05) is 6.92 Å². The zero-order valence-electron chi connectivity index (χ0n) is 14.0. The molecular formula is C19H21FN2O3. The van der Waals surface area contributed by atoms with Crippen molar-refractivity contribution >= 4 is 5.91 Å². The molecule has 132 valence electrons. The number of pyridine rings is 1. The molecule has 0 saturated heterocycles. The number of hydrogen-bond acceptors (Lipinski definition) is 4. The lowest BCUT2D eigenvalue weighted by molar-refractivity contribution is -0.123. The van der Waals surface area contributed by atoms with E-state index < -0.39 is 6.04 Å². The number of aliphatic hydroxyl groups excluding tert-OH is 1. The molecular weight excluding hydrogens is 323 g/mol. The third kappa shape index (κ3) is 4.14. The van der Waals surface area contributed by atoms with Gasteiger partial charge in [-0.1, -0.05) is 12.1 Å². The van der Waals surface area contributed by atoms with Crippen LogP contribution in [0.1, 0.15) is 36.4 Å². The quantitative estimate of drug-likeness (QED) is 0.810. The van der Waals surface area contributed by atoms with Crippen molar-refractivity contribution in [3.63, 3.8) is 0 Å². The molecule has 1 fully saturated rings. The number of halogens is 1. The summed E-state index contributed by atoms with van der Waals surface area (Å²) in [6.45, 7) is 2.19. The van der Waals surface area contributed by atoms with Crippen LogP contribution in [0, 0.1) is 11.7 Å². The van der Waals surface area contributed by atoms with E-state index in [2.05, 4.69) is 10.3 Å². The summed E-state index contributed by atoms with van der Waals surface area (Å²) < 4.78 is 18.3. The lowest BCUT2D eigenvalue weighted by atomic mass is 10.1. The number of aliphatic hydroxyl groups is 1. The van der Waals surface area contributed by atoms with Gasteiger partial charge in [-0.3, -0.25) is 4.79 Å². The molecule has 1 aromatic heterocycles. The maximum Gasteiger partial charge on any atom is 0.224 e. The van der Waals surface area contributed by atoms with Gasteiger partial charge >= 0.3 is 0 Å². The van der Waals surface area contributed by atoms with Crippen molar-refractivity contribution < 1.29 is 19.0 Å². The fourth-order valence-electron chi connectivity index (χ4n) is 2.91. The Morgan fingerprint density at radius 3 is 2.72 bits per heavy atom. The number of nitrogens with zero attached hydrogens (tertiary/aromatic N) is 1. The van der Waals surface area contributed by atoms with Crippen LogP contribution in [0.25, 0.3) is 0 Å².